The molecule has 0 aromatic heterocycles. The molecule has 0 saturated heterocycles. The molecule has 0 heterocycles. The minimum atomic E-state index is -3.65. The van der Waals surface area contributed by atoms with Crippen molar-refractivity contribution in [3.05, 3.63) is 48.0 Å². The van der Waals surface area contributed by atoms with Crippen LogP contribution in [0.4, 0.5) is 11.4 Å². The number of carbonyl (C=O) groups excluding carboxylic acids is 2. The summed E-state index contributed by atoms with van der Waals surface area (Å²) in [6.07, 6.45) is 0.0784. The van der Waals surface area contributed by atoms with E-state index in [1.807, 2.05) is 0 Å². The standard InChI is InChI=1S/C21H28N4O5S/c1-15-5-6-16(13-19(15)31(28,29)24(2)3)23-21(27)14-25(12-11-20(22)26)17-7-9-18(30-4)10-8-17/h5-10,13H,11-12,14H2,1-4H3,(H2,22,26)(H,23,27). The number of benzene rings is 2. The molecule has 2 aromatic carbocycles. The maximum atomic E-state index is 12.7. The summed E-state index contributed by atoms with van der Waals surface area (Å²) in [4.78, 5) is 25.8. The van der Waals surface area contributed by atoms with Gasteiger partial charge in [0.05, 0.1) is 18.6 Å². The third-order valence-electron chi connectivity index (χ3n) is 4.63. The molecule has 168 valence electrons. The highest BCUT2D eigenvalue weighted by Gasteiger charge is 2.21. The van der Waals surface area contributed by atoms with E-state index < -0.39 is 15.9 Å². The monoisotopic (exact) mass is 448 g/mol. The normalized spacial score (nSPS) is 11.3. The van der Waals surface area contributed by atoms with Crippen molar-refractivity contribution in [1.82, 2.24) is 4.31 Å². The van der Waals surface area contributed by atoms with E-state index in [1.54, 1.807) is 55.3 Å². The van der Waals surface area contributed by atoms with Crippen LogP contribution in [-0.2, 0) is 19.6 Å². The fraction of sp³-hybridized carbons (Fsp3) is 0.333. The first kappa shape index (κ1) is 24.2. The average Bonchev–Trinajstić information content (AvgIpc) is 2.72. The van der Waals surface area contributed by atoms with Gasteiger partial charge in [0.2, 0.25) is 21.8 Å². The smallest absolute Gasteiger partial charge is 0.243 e. The molecule has 0 aliphatic heterocycles. The van der Waals surface area contributed by atoms with E-state index in [1.165, 1.54) is 20.2 Å². The molecule has 0 fully saturated rings. The zero-order chi connectivity index (χ0) is 23.2. The Balaban J connectivity index is 2.21. The molecule has 0 saturated carbocycles. The molecule has 9 nitrogen and oxygen atoms in total. The molecule has 0 aliphatic carbocycles. The van der Waals surface area contributed by atoms with Crippen LogP contribution in [0.1, 0.15) is 12.0 Å². The Kier molecular flexibility index (Phi) is 8.01. The molecule has 0 atom stereocenters. The van der Waals surface area contributed by atoms with Crippen molar-refractivity contribution in [2.75, 3.05) is 44.5 Å². The summed E-state index contributed by atoms with van der Waals surface area (Å²) in [5, 5.41) is 2.73. The number of ether oxygens (including phenoxy) is 1. The number of primary amides is 1. The maximum Gasteiger partial charge on any atom is 0.243 e. The van der Waals surface area contributed by atoms with Gasteiger partial charge in [-0.3, -0.25) is 9.59 Å². The van der Waals surface area contributed by atoms with Gasteiger partial charge < -0.3 is 20.7 Å². The van der Waals surface area contributed by atoms with Gasteiger partial charge in [-0.2, -0.15) is 0 Å². The van der Waals surface area contributed by atoms with Gasteiger partial charge in [-0.1, -0.05) is 6.07 Å². The van der Waals surface area contributed by atoms with Crippen LogP contribution in [0.2, 0.25) is 0 Å². The van der Waals surface area contributed by atoms with E-state index in [9.17, 15) is 18.0 Å². The van der Waals surface area contributed by atoms with Crippen LogP contribution in [0.5, 0.6) is 5.75 Å². The minimum Gasteiger partial charge on any atom is -0.497 e. The number of amides is 2. The summed E-state index contributed by atoms with van der Waals surface area (Å²) in [5.41, 5.74) is 6.93. The summed E-state index contributed by atoms with van der Waals surface area (Å²) < 4.78 is 31.3. The molecule has 10 heteroatoms. The number of sulfonamides is 1. The number of methoxy groups -OCH3 is 1. The van der Waals surface area contributed by atoms with Gasteiger partial charge in [0.1, 0.15) is 5.75 Å². The molecule has 0 unspecified atom stereocenters. The van der Waals surface area contributed by atoms with Crippen LogP contribution >= 0.6 is 0 Å². The fourth-order valence-electron chi connectivity index (χ4n) is 2.86. The van der Waals surface area contributed by atoms with Gasteiger partial charge in [-0.25, -0.2) is 12.7 Å². The Bertz CT molecular complexity index is 1040. The second-order valence-electron chi connectivity index (χ2n) is 7.15. The molecule has 31 heavy (non-hydrogen) atoms. The van der Waals surface area contributed by atoms with E-state index >= 15 is 0 Å². The van der Waals surface area contributed by atoms with Crippen LogP contribution in [0.3, 0.4) is 0 Å². The van der Waals surface area contributed by atoms with Crippen molar-refractivity contribution in [1.29, 1.82) is 0 Å². The Hall–Kier alpha value is -3.11. The quantitative estimate of drug-likeness (QED) is 0.569. The Morgan fingerprint density at radius 1 is 1.10 bits per heavy atom. The van der Waals surface area contributed by atoms with Crippen molar-refractivity contribution < 1.29 is 22.7 Å². The molecular weight excluding hydrogens is 420 g/mol. The molecule has 0 radical (unpaired) electrons. The third-order valence-corrected chi connectivity index (χ3v) is 6.59. The number of rotatable bonds is 10. The van der Waals surface area contributed by atoms with E-state index in [2.05, 4.69) is 5.32 Å². The second kappa shape index (κ2) is 10.3. The molecule has 0 spiro atoms. The number of carbonyl (C=O) groups is 2. The van der Waals surface area contributed by atoms with Crippen molar-refractivity contribution in [3.63, 3.8) is 0 Å². The topological polar surface area (TPSA) is 122 Å². The van der Waals surface area contributed by atoms with E-state index in [0.29, 0.717) is 17.0 Å². The van der Waals surface area contributed by atoms with Gasteiger partial charge in [0, 0.05) is 38.4 Å². The molecule has 2 aromatic rings. The predicted octanol–water partition coefficient (Wildman–Crippen LogP) is 1.57. The largest absolute Gasteiger partial charge is 0.497 e. The number of nitrogens with zero attached hydrogens (tertiary/aromatic N) is 2. The first-order valence-electron chi connectivity index (χ1n) is 9.55. The Morgan fingerprint density at radius 3 is 2.29 bits per heavy atom. The first-order valence-corrected chi connectivity index (χ1v) is 11.0. The number of hydrogen-bond acceptors (Lipinski definition) is 6. The fourth-order valence-corrected chi connectivity index (χ4v) is 4.01. The summed E-state index contributed by atoms with van der Waals surface area (Å²) >= 11 is 0. The lowest BCUT2D eigenvalue weighted by Crippen LogP contribution is -2.35. The first-order chi connectivity index (χ1) is 14.5. The van der Waals surface area contributed by atoms with Crippen LogP contribution in [0.25, 0.3) is 0 Å². The summed E-state index contributed by atoms with van der Waals surface area (Å²) in [7, 11) is 0.807. The van der Waals surface area contributed by atoms with Gasteiger partial charge in [0.25, 0.3) is 0 Å². The number of anilines is 2. The van der Waals surface area contributed by atoms with Crippen molar-refractivity contribution in [3.8, 4) is 5.75 Å². The maximum absolute atomic E-state index is 12.7. The molecule has 0 bridgehead atoms. The minimum absolute atomic E-state index is 0.0523. The molecule has 0 aliphatic rings. The zero-order valence-electron chi connectivity index (χ0n) is 18.1. The highest BCUT2D eigenvalue weighted by molar-refractivity contribution is 7.89. The number of nitrogens with two attached hydrogens (primary N) is 1. The Labute approximate surface area is 182 Å². The van der Waals surface area contributed by atoms with Gasteiger partial charge >= 0.3 is 0 Å². The highest BCUT2D eigenvalue weighted by atomic mass is 32.2. The lowest BCUT2D eigenvalue weighted by Gasteiger charge is -2.24. The van der Waals surface area contributed by atoms with Crippen LogP contribution < -0.4 is 20.7 Å². The lowest BCUT2D eigenvalue weighted by molar-refractivity contribution is -0.118. The average molecular weight is 449 g/mol. The van der Waals surface area contributed by atoms with Crippen LogP contribution in [-0.4, -0.2) is 58.8 Å². The summed E-state index contributed by atoms with van der Waals surface area (Å²) in [6.45, 7) is 1.89. The predicted molar refractivity (Wildman–Crippen MR) is 120 cm³/mol. The summed E-state index contributed by atoms with van der Waals surface area (Å²) in [6, 6.07) is 11.8. The van der Waals surface area contributed by atoms with Gasteiger partial charge in [0.15, 0.2) is 0 Å². The van der Waals surface area contributed by atoms with Crippen LogP contribution in [0.15, 0.2) is 47.4 Å². The highest BCUT2D eigenvalue weighted by Crippen LogP contribution is 2.23. The second-order valence-corrected chi connectivity index (χ2v) is 9.27. The molecule has 2 amide bonds. The van der Waals surface area contributed by atoms with Crippen LogP contribution in [0, 0.1) is 6.92 Å². The van der Waals surface area contributed by atoms with E-state index in [4.69, 9.17) is 10.5 Å². The van der Waals surface area contributed by atoms with Gasteiger partial charge in [-0.15, -0.1) is 0 Å². The summed E-state index contributed by atoms with van der Waals surface area (Å²) in [5.74, 6) is -0.175. The SMILES string of the molecule is COc1ccc(N(CCC(N)=O)CC(=O)Nc2ccc(C)c(S(=O)(=O)N(C)C)c2)cc1. The number of nitrogens with one attached hydrogen (secondary N) is 1. The van der Waals surface area contributed by atoms with E-state index in [-0.39, 0.29) is 30.3 Å². The van der Waals surface area contributed by atoms with Gasteiger partial charge in [-0.05, 0) is 48.9 Å². The number of aryl methyl sites for hydroxylation is 1. The van der Waals surface area contributed by atoms with Crippen molar-refractivity contribution in [2.45, 2.75) is 18.2 Å². The van der Waals surface area contributed by atoms with E-state index in [0.717, 1.165) is 9.99 Å². The van der Waals surface area contributed by atoms with Crippen molar-refractivity contribution >= 4 is 33.2 Å². The molecular formula is C21H28N4O5S. The lowest BCUT2D eigenvalue weighted by atomic mass is 10.2. The molecule has 3 N–H and O–H groups in total. The molecule has 2 rings (SSSR count). The Morgan fingerprint density at radius 2 is 1.74 bits per heavy atom. The zero-order valence-corrected chi connectivity index (χ0v) is 18.9. The van der Waals surface area contributed by atoms with Crippen molar-refractivity contribution in [2.24, 2.45) is 5.73 Å². The number of hydrogen-bond donors (Lipinski definition) is 2. The third kappa shape index (κ3) is 6.43.